The second-order valence-corrected chi connectivity index (χ2v) is 3.61. The zero-order valence-corrected chi connectivity index (χ0v) is 8.90. The molecule has 0 amide bonds. The molecule has 0 atom stereocenters. The lowest BCUT2D eigenvalue weighted by atomic mass is 9.59. The number of hydrogen-bond donors (Lipinski definition) is 0. The number of allylic oxidation sites excluding steroid dienone is 1. The summed E-state index contributed by atoms with van der Waals surface area (Å²) in [5, 5.41) is 0. The molecule has 82 valence electrons. The molecule has 0 radical (unpaired) electrons. The molecule has 1 aliphatic rings. The van der Waals surface area contributed by atoms with Gasteiger partial charge in [-0.2, -0.15) is 0 Å². The maximum atomic E-state index is 11.2. The third-order valence-corrected chi connectivity index (χ3v) is 2.09. The first kappa shape index (κ1) is 11.7. The summed E-state index contributed by atoms with van der Waals surface area (Å²) in [6.45, 7) is 3.43. The molecule has 0 aromatic rings. The molecular weight excluding hydrogens is 195 g/mol. The van der Waals surface area contributed by atoms with Gasteiger partial charge in [0.1, 0.15) is 0 Å². The van der Waals surface area contributed by atoms with E-state index in [9.17, 15) is 9.59 Å². The fourth-order valence-corrected chi connectivity index (χ4v) is 1.39. The van der Waals surface area contributed by atoms with Crippen molar-refractivity contribution in [1.82, 2.24) is 0 Å². The minimum absolute atomic E-state index is 0.244. The molecule has 0 unspecified atom stereocenters. The molecule has 0 aromatic carbocycles. The quantitative estimate of drug-likeness (QED) is 0.512. The van der Waals surface area contributed by atoms with Gasteiger partial charge in [0.2, 0.25) is 0 Å². The van der Waals surface area contributed by atoms with Gasteiger partial charge in [0.25, 0.3) is 11.9 Å². The second kappa shape index (κ2) is 4.91. The van der Waals surface area contributed by atoms with Crippen LogP contribution in [0.25, 0.3) is 0 Å². The summed E-state index contributed by atoms with van der Waals surface area (Å²) in [6, 6.07) is 0. The average molecular weight is 210 g/mol. The fourth-order valence-electron chi connectivity index (χ4n) is 1.39. The Morgan fingerprint density at radius 3 is 2.33 bits per heavy atom. The molecule has 1 rings (SSSR count). The van der Waals surface area contributed by atoms with E-state index in [0.29, 0.717) is 6.42 Å². The van der Waals surface area contributed by atoms with Gasteiger partial charge in [-0.05, 0) is 19.7 Å². The Morgan fingerprint density at radius 1 is 1.33 bits per heavy atom. The van der Waals surface area contributed by atoms with Gasteiger partial charge in [-0.3, -0.25) is 9.59 Å². The molecule has 1 heterocycles. The van der Waals surface area contributed by atoms with Gasteiger partial charge in [0, 0.05) is 12.8 Å². The predicted octanol–water partition coefficient (Wildman–Crippen LogP) is 1.58. The van der Waals surface area contributed by atoms with Crippen LogP contribution in [-0.2, 0) is 18.9 Å². The molecular formula is C10H15BO4. The highest BCUT2D eigenvalue weighted by atomic mass is 16.6. The van der Waals surface area contributed by atoms with Crippen LogP contribution in [0, 0.1) is 6.82 Å². The fraction of sp³-hybridized carbons (Fsp3) is 0.500. The van der Waals surface area contributed by atoms with E-state index in [1.165, 1.54) is 0 Å². The van der Waals surface area contributed by atoms with E-state index in [1.807, 2.05) is 6.92 Å². The molecule has 0 saturated carbocycles. The van der Waals surface area contributed by atoms with Crippen molar-refractivity contribution in [3.05, 3.63) is 18.9 Å². The summed E-state index contributed by atoms with van der Waals surface area (Å²) < 4.78 is 10.1. The Morgan fingerprint density at radius 2 is 1.87 bits per heavy atom. The minimum Gasteiger partial charge on any atom is -0.613 e. The zero-order chi connectivity index (χ0) is 11.3. The lowest BCUT2D eigenvalue weighted by molar-refractivity contribution is -0.143. The van der Waals surface area contributed by atoms with Crippen LogP contribution in [0.1, 0.15) is 32.6 Å². The first-order chi connectivity index (χ1) is 7.06. The van der Waals surface area contributed by atoms with Gasteiger partial charge in [0.05, 0.1) is 0 Å². The number of rotatable bonds is 2. The van der Waals surface area contributed by atoms with Gasteiger partial charge in [-0.25, -0.2) is 0 Å². The van der Waals surface area contributed by atoms with Gasteiger partial charge in [0.15, 0.2) is 0 Å². The van der Waals surface area contributed by atoms with E-state index < -0.39 is 6.55 Å². The Bertz CT molecular complexity index is 267. The maximum absolute atomic E-state index is 11.2. The topological polar surface area (TPSA) is 52.6 Å². The van der Waals surface area contributed by atoms with Gasteiger partial charge in [-0.15, -0.1) is 12.1 Å². The van der Waals surface area contributed by atoms with Gasteiger partial charge < -0.3 is 9.31 Å². The lowest BCUT2D eigenvalue weighted by Crippen LogP contribution is -2.43. The van der Waals surface area contributed by atoms with Crippen molar-refractivity contribution in [2.24, 2.45) is 0 Å². The van der Waals surface area contributed by atoms with E-state index >= 15 is 0 Å². The number of hydrogen-bond acceptors (Lipinski definition) is 4. The number of carbonyl (C=O) groups excluding carboxylic acids is 2. The monoisotopic (exact) mass is 210 g/mol. The Hall–Kier alpha value is -1.39. The molecule has 5 heteroatoms. The van der Waals surface area contributed by atoms with Crippen molar-refractivity contribution in [2.45, 2.75) is 32.6 Å². The van der Waals surface area contributed by atoms with Crippen LogP contribution in [0.15, 0.2) is 12.1 Å². The normalized spacial score (nSPS) is 21.7. The highest BCUT2D eigenvalue weighted by Crippen LogP contribution is 2.16. The summed E-state index contributed by atoms with van der Waals surface area (Å²) >= 11 is 0. The molecule has 15 heavy (non-hydrogen) atoms. The Kier molecular flexibility index (Phi) is 3.83. The summed E-state index contributed by atoms with van der Waals surface area (Å²) in [5.41, 5.74) is 0. The Balaban J connectivity index is 2.76. The van der Waals surface area contributed by atoms with E-state index in [2.05, 4.69) is 6.82 Å². The van der Waals surface area contributed by atoms with E-state index in [0.717, 1.165) is 6.42 Å². The van der Waals surface area contributed by atoms with Crippen LogP contribution >= 0.6 is 0 Å². The third kappa shape index (κ3) is 3.69. The van der Waals surface area contributed by atoms with Crippen molar-refractivity contribution < 1.29 is 18.9 Å². The lowest BCUT2D eigenvalue weighted by Gasteiger charge is -2.29. The van der Waals surface area contributed by atoms with Gasteiger partial charge >= 0.3 is 6.55 Å². The van der Waals surface area contributed by atoms with Crippen LogP contribution in [0.4, 0.5) is 0 Å². The molecule has 0 N–H and O–H groups in total. The van der Waals surface area contributed by atoms with E-state index in [-0.39, 0.29) is 24.8 Å². The zero-order valence-electron chi connectivity index (χ0n) is 8.90. The molecule has 1 fully saturated rings. The minimum atomic E-state index is -2.16. The van der Waals surface area contributed by atoms with Crippen molar-refractivity contribution in [2.75, 3.05) is 0 Å². The first-order valence-electron chi connectivity index (χ1n) is 5.19. The van der Waals surface area contributed by atoms with Crippen molar-refractivity contribution in [1.29, 1.82) is 0 Å². The molecule has 0 aromatic heterocycles. The largest absolute Gasteiger partial charge is 0.613 e. The van der Waals surface area contributed by atoms with Crippen LogP contribution in [0.3, 0.4) is 0 Å². The van der Waals surface area contributed by atoms with Crippen LogP contribution in [0.5, 0.6) is 0 Å². The van der Waals surface area contributed by atoms with Crippen molar-refractivity contribution in [3.63, 3.8) is 0 Å². The summed E-state index contributed by atoms with van der Waals surface area (Å²) in [5.74, 6) is 0.831. The van der Waals surface area contributed by atoms with Gasteiger partial charge in [-0.1, -0.05) is 6.92 Å². The molecule has 0 bridgehead atoms. The third-order valence-electron chi connectivity index (χ3n) is 2.09. The van der Waals surface area contributed by atoms with E-state index in [4.69, 9.17) is 9.31 Å². The van der Waals surface area contributed by atoms with E-state index in [1.54, 1.807) is 12.1 Å². The number of carbonyl (C=O) groups is 2. The molecule has 0 aliphatic carbocycles. The summed E-state index contributed by atoms with van der Waals surface area (Å²) in [7, 11) is 0. The van der Waals surface area contributed by atoms with Crippen LogP contribution in [0.2, 0.25) is 0 Å². The molecule has 1 aliphatic heterocycles. The highest BCUT2D eigenvalue weighted by Gasteiger charge is 2.37. The average Bonchev–Trinajstić information content (AvgIpc) is 2.12. The maximum Gasteiger partial charge on any atom is 0.575 e. The standard InChI is InChI=1S/C10H15BO4/c1-3-4-8-11(2)14-9(12)6-5-7-10(13)15-11/h4,8H,2-3,5-7H2,1H3/b8-4+. The van der Waals surface area contributed by atoms with Crippen LogP contribution in [-0.4, -0.2) is 18.5 Å². The summed E-state index contributed by atoms with van der Waals surface area (Å²) in [4.78, 5) is 22.5. The molecule has 0 spiro atoms. The van der Waals surface area contributed by atoms with Crippen LogP contribution < -0.4 is 0 Å². The highest BCUT2D eigenvalue weighted by molar-refractivity contribution is 6.77. The summed E-state index contributed by atoms with van der Waals surface area (Å²) in [6.07, 6.45) is 3.51. The SMILES string of the molecule is [CH2+][B-]1(/C=C/CC)OC(=O)CCCC(=O)O1. The molecule has 1 saturated heterocycles. The molecule has 4 nitrogen and oxygen atoms in total. The Labute approximate surface area is 89.6 Å². The van der Waals surface area contributed by atoms with Crippen molar-refractivity contribution in [3.8, 4) is 0 Å². The van der Waals surface area contributed by atoms with Crippen molar-refractivity contribution >= 4 is 18.5 Å². The smallest absolute Gasteiger partial charge is 0.575 e. The first-order valence-corrected chi connectivity index (χ1v) is 5.19. The second-order valence-electron chi connectivity index (χ2n) is 3.61. The predicted molar refractivity (Wildman–Crippen MR) is 56.6 cm³/mol.